The molecule has 0 N–H and O–H groups in total. The number of hydrogen-bond donors (Lipinski definition) is 0. The number of rotatable bonds is 2. The van der Waals surface area contributed by atoms with Gasteiger partial charge in [0.05, 0.1) is 0 Å². The van der Waals surface area contributed by atoms with Crippen LogP contribution < -0.4 is 4.90 Å². The third-order valence-electron chi connectivity index (χ3n) is 4.13. The topological polar surface area (TPSA) is 41.4 Å². The number of halogens is 4. The first kappa shape index (κ1) is 17.6. The van der Waals surface area contributed by atoms with Crippen molar-refractivity contribution in [3.05, 3.63) is 46.7 Å². The van der Waals surface area contributed by atoms with Gasteiger partial charge in [0.1, 0.15) is 5.69 Å². The van der Waals surface area contributed by atoms with Crippen LogP contribution in [-0.2, 0) is 13.2 Å². The Morgan fingerprint density at radius 3 is 2.40 bits per heavy atom. The second kappa shape index (κ2) is 6.59. The van der Waals surface area contributed by atoms with Gasteiger partial charge in [0.15, 0.2) is 5.69 Å². The van der Waals surface area contributed by atoms with E-state index in [1.54, 1.807) is 6.07 Å². The van der Waals surface area contributed by atoms with Crippen LogP contribution in [0.2, 0.25) is 5.02 Å². The molecule has 3 rings (SSSR count). The van der Waals surface area contributed by atoms with Crippen molar-refractivity contribution in [1.82, 2.24) is 14.7 Å². The van der Waals surface area contributed by atoms with E-state index in [0.29, 0.717) is 35.9 Å². The molecule has 1 aliphatic heterocycles. The fraction of sp³-hybridized carbons (Fsp3) is 0.375. The predicted molar refractivity (Wildman–Crippen MR) is 87.8 cm³/mol. The largest absolute Gasteiger partial charge is 0.433 e. The van der Waals surface area contributed by atoms with Crippen molar-refractivity contribution in [2.45, 2.75) is 6.18 Å². The third kappa shape index (κ3) is 3.73. The van der Waals surface area contributed by atoms with E-state index in [1.807, 2.05) is 18.2 Å². The van der Waals surface area contributed by atoms with E-state index in [-0.39, 0.29) is 5.69 Å². The predicted octanol–water partition coefficient (Wildman–Crippen LogP) is 3.05. The van der Waals surface area contributed by atoms with Crippen molar-refractivity contribution in [1.29, 1.82) is 0 Å². The highest BCUT2D eigenvalue weighted by molar-refractivity contribution is 6.30. The van der Waals surface area contributed by atoms with E-state index >= 15 is 0 Å². The number of carbonyl (C=O) groups is 1. The van der Waals surface area contributed by atoms with E-state index in [1.165, 1.54) is 11.9 Å². The summed E-state index contributed by atoms with van der Waals surface area (Å²) < 4.78 is 39.2. The molecule has 0 atom stereocenters. The number of hydrogen-bond acceptors (Lipinski definition) is 3. The standard InChI is InChI=1S/C16H16ClF3N4O/c1-22-14(16(18,19)20)10-13(21-22)15(25)24-7-5-23(6-8-24)12-4-2-3-11(17)9-12/h2-4,9-10H,5-8H2,1H3. The summed E-state index contributed by atoms with van der Waals surface area (Å²) in [5, 5.41) is 4.34. The molecule has 0 spiro atoms. The van der Waals surface area contributed by atoms with Crippen LogP contribution in [0.4, 0.5) is 18.9 Å². The summed E-state index contributed by atoms with van der Waals surface area (Å²) in [5.74, 6) is -0.489. The van der Waals surface area contributed by atoms with Gasteiger partial charge in [-0.3, -0.25) is 9.48 Å². The van der Waals surface area contributed by atoms with Gasteiger partial charge in [-0.15, -0.1) is 0 Å². The third-order valence-corrected chi connectivity index (χ3v) is 4.36. The molecule has 5 nitrogen and oxygen atoms in total. The Labute approximate surface area is 147 Å². The van der Waals surface area contributed by atoms with Crippen LogP contribution in [0.3, 0.4) is 0 Å². The average Bonchev–Trinajstić information content (AvgIpc) is 2.96. The fourth-order valence-electron chi connectivity index (χ4n) is 2.84. The Hall–Kier alpha value is -2.22. The highest BCUT2D eigenvalue weighted by Crippen LogP contribution is 2.29. The second-order valence-corrected chi connectivity index (χ2v) is 6.23. The van der Waals surface area contributed by atoms with Crippen molar-refractivity contribution in [3.8, 4) is 0 Å². The molecule has 2 aromatic rings. The van der Waals surface area contributed by atoms with E-state index in [4.69, 9.17) is 11.6 Å². The lowest BCUT2D eigenvalue weighted by Gasteiger charge is -2.35. The zero-order valence-electron chi connectivity index (χ0n) is 13.4. The van der Waals surface area contributed by atoms with Crippen molar-refractivity contribution in [3.63, 3.8) is 0 Å². The van der Waals surface area contributed by atoms with Crippen LogP contribution in [0.25, 0.3) is 0 Å². The lowest BCUT2D eigenvalue weighted by Crippen LogP contribution is -2.48. The zero-order valence-corrected chi connectivity index (χ0v) is 14.2. The molecular formula is C16H16ClF3N4O. The van der Waals surface area contributed by atoms with Crippen LogP contribution in [0.15, 0.2) is 30.3 Å². The summed E-state index contributed by atoms with van der Waals surface area (Å²) in [6.07, 6.45) is -4.54. The van der Waals surface area contributed by atoms with E-state index in [2.05, 4.69) is 10.00 Å². The molecule has 2 heterocycles. The number of amides is 1. The van der Waals surface area contributed by atoms with Gasteiger partial charge in [0.2, 0.25) is 0 Å². The first-order valence-corrected chi connectivity index (χ1v) is 8.04. The smallest absolute Gasteiger partial charge is 0.368 e. The quantitative estimate of drug-likeness (QED) is 0.813. The number of piperazine rings is 1. The number of carbonyl (C=O) groups excluding carboxylic acids is 1. The number of nitrogens with zero attached hydrogens (tertiary/aromatic N) is 4. The van der Waals surface area contributed by atoms with Crippen molar-refractivity contribution in [2.75, 3.05) is 31.1 Å². The molecular weight excluding hydrogens is 357 g/mol. The van der Waals surface area contributed by atoms with Crippen LogP contribution >= 0.6 is 11.6 Å². The number of aryl methyl sites for hydroxylation is 1. The van der Waals surface area contributed by atoms with Gasteiger partial charge < -0.3 is 9.80 Å². The Kier molecular flexibility index (Phi) is 4.64. The number of benzene rings is 1. The van der Waals surface area contributed by atoms with Crippen molar-refractivity contribution in [2.24, 2.45) is 7.05 Å². The molecule has 0 unspecified atom stereocenters. The maximum atomic E-state index is 12.8. The van der Waals surface area contributed by atoms with Crippen molar-refractivity contribution < 1.29 is 18.0 Å². The van der Waals surface area contributed by atoms with Gasteiger partial charge in [0.25, 0.3) is 5.91 Å². The maximum Gasteiger partial charge on any atom is 0.433 e. The molecule has 1 aromatic heterocycles. The SMILES string of the molecule is Cn1nc(C(=O)N2CCN(c3cccc(Cl)c3)CC2)cc1C(F)(F)F. The summed E-state index contributed by atoms with van der Waals surface area (Å²) in [7, 11) is 1.18. The molecule has 25 heavy (non-hydrogen) atoms. The molecule has 1 fully saturated rings. The van der Waals surface area contributed by atoms with Gasteiger partial charge in [-0.25, -0.2) is 0 Å². The van der Waals surface area contributed by atoms with Crippen LogP contribution in [0.5, 0.6) is 0 Å². The Morgan fingerprint density at radius 2 is 1.84 bits per heavy atom. The van der Waals surface area contributed by atoms with E-state index < -0.39 is 17.8 Å². The minimum Gasteiger partial charge on any atom is -0.368 e. The molecule has 0 bridgehead atoms. The molecule has 9 heteroatoms. The Bertz CT molecular complexity index is 782. The van der Waals surface area contributed by atoms with Gasteiger partial charge in [-0.2, -0.15) is 18.3 Å². The minimum absolute atomic E-state index is 0.189. The minimum atomic E-state index is -4.54. The highest BCUT2D eigenvalue weighted by Gasteiger charge is 2.36. The summed E-state index contributed by atoms with van der Waals surface area (Å²) in [4.78, 5) is 16.0. The Balaban J connectivity index is 1.68. The van der Waals surface area contributed by atoms with Gasteiger partial charge in [-0.05, 0) is 18.2 Å². The fourth-order valence-corrected chi connectivity index (χ4v) is 3.02. The van der Waals surface area contributed by atoms with Crippen LogP contribution in [0.1, 0.15) is 16.2 Å². The van der Waals surface area contributed by atoms with E-state index in [0.717, 1.165) is 11.8 Å². The zero-order chi connectivity index (χ0) is 18.2. The van der Waals surface area contributed by atoms with Crippen molar-refractivity contribution >= 4 is 23.2 Å². The van der Waals surface area contributed by atoms with E-state index in [9.17, 15) is 18.0 Å². The number of alkyl halides is 3. The van der Waals surface area contributed by atoms with Gasteiger partial charge in [0, 0.05) is 50.0 Å². The molecule has 0 aliphatic carbocycles. The normalized spacial score (nSPS) is 15.6. The maximum absolute atomic E-state index is 12.8. The van der Waals surface area contributed by atoms with Gasteiger partial charge in [-0.1, -0.05) is 17.7 Å². The molecule has 1 saturated heterocycles. The molecule has 0 saturated carbocycles. The average molecular weight is 373 g/mol. The van der Waals surface area contributed by atoms with Crippen LogP contribution in [0, 0.1) is 0 Å². The Morgan fingerprint density at radius 1 is 1.16 bits per heavy atom. The molecule has 1 aliphatic rings. The number of anilines is 1. The first-order chi connectivity index (χ1) is 11.8. The van der Waals surface area contributed by atoms with Gasteiger partial charge >= 0.3 is 6.18 Å². The highest BCUT2D eigenvalue weighted by atomic mass is 35.5. The summed E-state index contributed by atoms with van der Waals surface area (Å²) in [5.41, 5.74) is -0.170. The summed E-state index contributed by atoms with van der Waals surface area (Å²) in [6, 6.07) is 8.20. The second-order valence-electron chi connectivity index (χ2n) is 5.80. The van der Waals surface area contributed by atoms with Crippen LogP contribution in [-0.4, -0.2) is 46.8 Å². The molecule has 134 valence electrons. The molecule has 0 radical (unpaired) electrons. The number of aromatic nitrogens is 2. The lowest BCUT2D eigenvalue weighted by atomic mass is 10.2. The lowest BCUT2D eigenvalue weighted by molar-refractivity contribution is -0.143. The summed E-state index contributed by atoms with van der Waals surface area (Å²) in [6.45, 7) is 1.96. The summed E-state index contributed by atoms with van der Waals surface area (Å²) >= 11 is 5.98. The molecule has 1 amide bonds. The molecule has 1 aromatic carbocycles. The first-order valence-electron chi connectivity index (χ1n) is 7.67. The monoisotopic (exact) mass is 372 g/mol.